The lowest BCUT2D eigenvalue weighted by Gasteiger charge is -2.25. The molecule has 0 saturated heterocycles. The summed E-state index contributed by atoms with van der Waals surface area (Å²) in [7, 11) is 4.19. The van der Waals surface area contributed by atoms with E-state index in [9.17, 15) is 0 Å². The third-order valence-electron chi connectivity index (χ3n) is 4.42. The summed E-state index contributed by atoms with van der Waals surface area (Å²) in [6.07, 6.45) is 0. The van der Waals surface area contributed by atoms with Crippen molar-refractivity contribution in [2.45, 2.75) is 40.2 Å². The van der Waals surface area contributed by atoms with E-state index in [0.717, 1.165) is 0 Å². The van der Waals surface area contributed by atoms with E-state index in [-0.39, 0.29) is 5.54 Å². The van der Waals surface area contributed by atoms with Crippen molar-refractivity contribution in [3.63, 3.8) is 0 Å². The molecule has 0 saturated carbocycles. The topological polar surface area (TPSA) is 17.0 Å². The number of hydrogen-bond donors (Lipinski definition) is 1. The minimum Gasteiger partial charge on any atom is -0.347 e. The Balaban J connectivity index is 2.93. The number of rotatable bonds is 2. The molecule has 0 aliphatic rings. The van der Waals surface area contributed by atoms with Crippen LogP contribution in [0, 0.1) is 20.8 Å². The van der Waals surface area contributed by atoms with Crippen LogP contribution < -0.4 is 5.32 Å². The molecular formula is C16H24N2. The highest BCUT2D eigenvalue weighted by atomic mass is 15.0. The predicted octanol–water partition coefficient (Wildman–Crippen LogP) is 3.56. The molecule has 0 spiro atoms. The Morgan fingerprint density at radius 2 is 1.72 bits per heavy atom. The Morgan fingerprint density at radius 1 is 1.11 bits per heavy atom. The number of benzene rings is 1. The van der Waals surface area contributed by atoms with Gasteiger partial charge in [-0.3, -0.25) is 0 Å². The summed E-state index contributed by atoms with van der Waals surface area (Å²) >= 11 is 0. The van der Waals surface area contributed by atoms with Gasteiger partial charge < -0.3 is 9.88 Å². The molecule has 0 atom stereocenters. The van der Waals surface area contributed by atoms with Crippen LogP contribution in [0.15, 0.2) is 12.1 Å². The number of nitrogens with one attached hydrogen (secondary N) is 1. The first-order valence-corrected chi connectivity index (χ1v) is 6.56. The van der Waals surface area contributed by atoms with Crippen LogP contribution in [0.1, 0.15) is 36.2 Å². The SMILES string of the molecule is CNC(C)(C)c1c(C)n(C)c2c(C)c(C)ccc12. The number of hydrogen-bond acceptors (Lipinski definition) is 1. The Bertz CT molecular complexity index is 603. The number of nitrogens with zero attached hydrogens (tertiary/aromatic N) is 1. The Labute approximate surface area is 110 Å². The van der Waals surface area contributed by atoms with Crippen LogP contribution in [-0.2, 0) is 12.6 Å². The molecular weight excluding hydrogens is 220 g/mol. The average Bonchev–Trinajstić information content (AvgIpc) is 2.58. The molecule has 0 fully saturated rings. The molecule has 2 nitrogen and oxygen atoms in total. The third-order valence-corrected chi connectivity index (χ3v) is 4.42. The van der Waals surface area contributed by atoms with E-state index in [1.165, 1.54) is 33.3 Å². The largest absolute Gasteiger partial charge is 0.347 e. The number of aromatic nitrogens is 1. The molecule has 2 heteroatoms. The first kappa shape index (κ1) is 13.2. The van der Waals surface area contributed by atoms with Crippen molar-refractivity contribution in [2.24, 2.45) is 7.05 Å². The number of fused-ring (bicyclic) bond motifs is 1. The van der Waals surface area contributed by atoms with Crippen LogP contribution in [0.25, 0.3) is 10.9 Å². The molecule has 0 aliphatic carbocycles. The van der Waals surface area contributed by atoms with E-state index >= 15 is 0 Å². The molecule has 0 radical (unpaired) electrons. The molecule has 2 aromatic rings. The van der Waals surface area contributed by atoms with Gasteiger partial charge in [0.1, 0.15) is 0 Å². The summed E-state index contributed by atoms with van der Waals surface area (Å²) in [5.74, 6) is 0. The fourth-order valence-corrected chi connectivity index (χ4v) is 2.88. The molecule has 1 N–H and O–H groups in total. The Kier molecular flexibility index (Phi) is 3.02. The standard InChI is InChI=1S/C16H24N2/c1-10-8-9-13-14(16(4,5)17-6)12(3)18(7)15(13)11(10)2/h8-9,17H,1-7H3. The van der Waals surface area contributed by atoms with E-state index < -0.39 is 0 Å². The van der Waals surface area contributed by atoms with Crippen LogP contribution in [0.3, 0.4) is 0 Å². The summed E-state index contributed by atoms with van der Waals surface area (Å²) < 4.78 is 2.33. The quantitative estimate of drug-likeness (QED) is 0.854. The second-order valence-corrected chi connectivity index (χ2v) is 5.80. The van der Waals surface area contributed by atoms with Crippen molar-refractivity contribution < 1.29 is 0 Å². The van der Waals surface area contributed by atoms with Gasteiger partial charge in [0.25, 0.3) is 0 Å². The van der Waals surface area contributed by atoms with Crippen molar-refractivity contribution in [3.8, 4) is 0 Å². The van der Waals surface area contributed by atoms with Crippen LogP contribution in [-0.4, -0.2) is 11.6 Å². The van der Waals surface area contributed by atoms with Crippen LogP contribution in [0.4, 0.5) is 0 Å². The summed E-state index contributed by atoms with van der Waals surface area (Å²) in [5.41, 5.74) is 6.85. The van der Waals surface area contributed by atoms with Gasteiger partial charge in [0, 0.05) is 29.2 Å². The summed E-state index contributed by atoms with van der Waals surface area (Å²) in [6.45, 7) is 11.1. The molecule has 98 valence electrons. The van der Waals surface area contributed by atoms with Crippen LogP contribution >= 0.6 is 0 Å². The summed E-state index contributed by atoms with van der Waals surface area (Å²) in [4.78, 5) is 0. The lowest BCUT2D eigenvalue weighted by atomic mass is 9.91. The highest BCUT2D eigenvalue weighted by Crippen LogP contribution is 2.35. The first-order valence-electron chi connectivity index (χ1n) is 6.56. The first-order chi connectivity index (χ1) is 8.31. The Hall–Kier alpha value is -1.28. The maximum absolute atomic E-state index is 3.42. The molecule has 0 bridgehead atoms. The Morgan fingerprint density at radius 3 is 2.28 bits per heavy atom. The second kappa shape index (κ2) is 4.13. The molecule has 2 rings (SSSR count). The van der Waals surface area contributed by atoms with Gasteiger partial charge >= 0.3 is 0 Å². The van der Waals surface area contributed by atoms with Gasteiger partial charge in [0.15, 0.2) is 0 Å². The van der Waals surface area contributed by atoms with Gasteiger partial charge in [0.2, 0.25) is 0 Å². The molecule has 1 aromatic carbocycles. The lowest BCUT2D eigenvalue weighted by Crippen LogP contribution is -2.33. The molecule has 0 aliphatic heterocycles. The fourth-order valence-electron chi connectivity index (χ4n) is 2.88. The molecule has 1 heterocycles. The molecule has 0 unspecified atom stereocenters. The highest BCUT2D eigenvalue weighted by Gasteiger charge is 2.26. The third kappa shape index (κ3) is 1.67. The monoisotopic (exact) mass is 244 g/mol. The van der Waals surface area contributed by atoms with E-state index in [0.29, 0.717) is 0 Å². The van der Waals surface area contributed by atoms with Gasteiger partial charge in [0.05, 0.1) is 5.52 Å². The van der Waals surface area contributed by atoms with Gasteiger partial charge in [-0.2, -0.15) is 0 Å². The number of aryl methyl sites for hydroxylation is 3. The van der Waals surface area contributed by atoms with Crippen molar-refractivity contribution in [1.29, 1.82) is 0 Å². The molecule has 0 amide bonds. The maximum Gasteiger partial charge on any atom is 0.0515 e. The van der Waals surface area contributed by atoms with Gasteiger partial charge in [-0.05, 0) is 52.8 Å². The fraction of sp³-hybridized carbons (Fsp3) is 0.500. The normalized spacial score (nSPS) is 12.4. The zero-order valence-electron chi connectivity index (χ0n) is 12.6. The lowest BCUT2D eigenvalue weighted by molar-refractivity contribution is 0.444. The summed E-state index contributed by atoms with van der Waals surface area (Å²) in [6, 6.07) is 4.49. The molecule has 18 heavy (non-hydrogen) atoms. The highest BCUT2D eigenvalue weighted by molar-refractivity contribution is 5.89. The van der Waals surface area contributed by atoms with Gasteiger partial charge in [-0.15, -0.1) is 0 Å². The van der Waals surface area contributed by atoms with E-state index in [1.54, 1.807) is 0 Å². The van der Waals surface area contributed by atoms with E-state index in [4.69, 9.17) is 0 Å². The summed E-state index contributed by atoms with van der Waals surface area (Å²) in [5, 5.41) is 4.80. The maximum atomic E-state index is 3.42. The van der Waals surface area contributed by atoms with Crippen LogP contribution in [0.2, 0.25) is 0 Å². The molecule has 1 aromatic heterocycles. The van der Waals surface area contributed by atoms with E-state index in [2.05, 4.69) is 63.7 Å². The minimum absolute atomic E-state index is 0.00864. The zero-order chi connectivity index (χ0) is 13.7. The minimum atomic E-state index is -0.00864. The zero-order valence-corrected chi connectivity index (χ0v) is 12.6. The van der Waals surface area contributed by atoms with Crippen molar-refractivity contribution in [2.75, 3.05) is 7.05 Å². The van der Waals surface area contributed by atoms with Crippen molar-refractivity contribution in [3.05, 3.63) is 34.5 Å². The van der Waals surface area contributed by atoms with Crippen LogP contribution in [0.5, 0.6) is 0 Å². The second-order valence-electron chi connectivity index (χ2n) is 5.80. The van der Waals surface area contributed by atoms with Gasteiger partial charge in [-0.1, -0.05) is 12.1 Å². The van der Waals surface area contributed by atoms with Crippen molar-refractivity contribution >= 4 is 10.9 Å². The predicted molar refractivity (Wildman–Crippen MR) is 79.2 cm³/mol. The van der Waals surface area contributed by atoms with E-state index in [1.807, 2.05) is 7.05 Å². The van der Waals surface area contributed by atoms with Gasteiger partial charge in [-0.25, -0.2) is 0 Å². The average molecular weight is 244 g/mol. The smallest absolute Gasteiger partial charge is 0.0515 e. The van der Waals surface area contributed by atoms with Crippen molar-refractivity contribution in [1.82, 2.24) is 9.88 Å².